The summed E-state index contributed by atoms with van der Waals surface area (Å²) in [5.41, 5.74) is 1.00. The van der Waals surface area contributed by atoms with Crippen molar-refractivity contribution in [3.05, 3.63) is 58.9 Å². The molecule has 0 aliphatic rings. The highest BCUT2D eigenvalue weighted by molar-refractivity contribution is 5.91. The number of aliphatic carboxylic acids is 1. The van der Waals surface area contributed by atoms with Crippen molar-refractivity contribution in [2.45, 2.75) is 45.3 Å². The van der Waals surface area contributed by atoms with Crippen LogP contribution in [-0.4, -0.2) is 28.2 Å². The summed E-state index contributed by atoms with van der Waals surface area (Å²) < 4.78 is 44.8. The van der Waals surface area contributed by atoms with Crippen LogP contribution in [0.2, 0.25) is 0 Å². The van der Waals surface area contributed by atoms with E-state index in [-0.39, 0.29) is 12.3 Å². The van der Waals surface area contributed by atoms with Gasteiger partial charge in [0, 0.05) is 17.5 Å². The summed E-state index contributed by atoms with van der Waals surface area (Å²) in [5, 5.41) is 13.0. The van der Waals surface area contributed by atoms with Crippen LogP contribution in [0.25, 0.3) is 10.9 Å². The van der Waals surface area contributed by atoms with Crippen LogP contribution >= 0.6 is 0 Å². The average molecular weight is 447 g/mol. The van der Waals surface area contributed by atoms with E-state index < -0.39 is 23.8 Å². The van der Waals surface area contributed by atoms with Crippen LogP contribution in [0, 0.1) is 6.92 Å². The number of ether oxygens (including phenoxy) is 1. The Hall–Kier alpha value is -3.36. The highest BCUT2D eigenvalue weighted by Crippen LogP contribution is 2.36. The Labute approximate surface area is 183 Å². The monoisotopic (exact) mass is 447 g/mol. The molecule has 0 saturated heterocycles. The first-order chi connectivity index (χ1) is 15.0. The number of benzene rings is 2. The number of halogens is 3. The first kappa shape index (κ1) is 23.3. The summed E-state index contributed by atoms with van der Waals surface area (Å²) in [6, 6.07) is 8.15. The number of hydrogen-bond acceptors (Lipinski definition) is 5. The van der Waals surface area contributed by atoms with Crippen molar-refractivity contribution < 1.29 is 27.8 Å². The fourth-order valence-corrected chi connectivity index (χ4v) is 3.61. The second-order valence-electron chi connectivity index (χ2n) is 7.72. The van der Waals surface area contributed by atoms with Crippen LogP contribution in [0.1, 0.15) is 54.7 Å². The van der Waals surface area contributed by atoms with Gasteiger partial charge in [0.05, 0.1) is 24.6 Å². The number of aromatic nitrogens is 2. The van der Waals surface area contributed by atoms with Crippen molar-refractivity contribution >= 4 is 22.7 Å². The number of alkyl halides is 3. The van der Waals surface area contributed by atoms with Crippen LogP contribution < -0.4 is 10.1 Å². The van der Waals surface area contributed by atoms with Gasteiger partial charge in [-0.2, -0.15) is 13.2 Å². The predicted molar refractivity (Wildman–Crippen MR) is 115 cm³/mol. The molecule has 2 atom stereocenters. The summed E-state index contributed by atoms with van der Waals surface area (Å²) in [6.07, 6.45) is -4.52. The number of nitrogens with one attached hydrogen (secondary N) is 1. The molecule has 1 heterocycles. The first-order valence-corrected chi connectivity index (χ1v) is 10.0. The third-order valence-corrected chi connectivity index (χ3v) is 5.24. The summed E-state index contributed by atoms with van der Waals surface area (Å²) in [5.74, 6) is 0.174. The number of aryl methyl sites for hydroxylation is 1. The van der Waals surface area contributed by atoms with Crippen LogP contribution in [0.3, 0.4) is 0 Å². The molecule has 2 N–H and O–H groups in total. The zero-order valence-electron chi connectivity index (χ0n) is 18.1. The Morgan fingerprint density at radius 3 is 2.53 bits per heavy atom. The van der Waals surface area contributed by atoms with Crippen molar-refractivity contribution in [3.8, 4) is 5.75 Å². The molecule has 0 saturated carbocycles. The van der Waals surface area contributed by atoms with Gasteiger partial charge in [0.15, 0.2) is 0 Å². The Morgan fingerprint density at radius 2 is 1.91 bits per heavy atom. The SMILES string of the molecule is COc1cc2nc(C)nc(N[C@H](C)c3cccc(C(F)(F)F)c3)c2cc1C(C)CC(=O)O. The van der Waals surface area contributed by atoms with Gasteiger partial charge in [0.25, 0.3) is 0 Å². The maximum Gasteiger partial charge on any atom is 0.416 e. The summed E-state index contributed by atoms with van der Waals surface area (Å²) in [7, 11) is 1.50. The van der Waals surface area contributed by atoms with Gasteiger partial charge >= 0.3 is 12.1 Å². The second kappa shape index (κ2) is 9.02. The lowest BCUT2D eigenvalue weighted by Crippen LogP contribution is -2.12. The molecule has 0 aliphatic heterocycles. The molecule has 6 nitrogen and oxygen atoms in total. The van der Waals surface area contributed by atoms with Crippen LogP contribution in [0.4, 0.5) is 19.0 Å². The van der Waals surface area contributed by atoms with Gasteiger partial charge < -0.3 is 15.2 Å². The quantitative estimate of drug-likeness (QED) is 0.482. The number of nitrogens with zero attached hydrogens (tertiary/aromatic N) is 2. The number of fused-ring (bicyclic) bond motifs is 1. The predicted octanol–water partition coefficient (Wildman–Crippen LogP) is 5.72. The molecule has 32 heavy (non-hydrogen) atoms. The van der Waals surface area contributed by atoms with Gasteiger partial charge in [0.1, 0.15) is 17.4 Å². The molecule has 9 heteroatoms. The van der Waals surface area contributed by atoms with E-state index in [1.807, 2.05) is 0 Å². The molecule has 170 valence electrons. The zero-order chi connectivity index (χ0) is 23.6. The molecule has 2 aromatic carbocycles. The van der Waals surface area contributed by atoms with Crippen molar-refractivity contribution in [2.75, 3.05) is 12.4 Å². The molecule has 3 aromatic rings. The number of hydrogen-bond donors (Lipinski definition) is 2. The minimum absolute atomic E-state index is 0.0853. The lowest BCUT2D eigenvalue weighted by Gasteiger charge is -2.20. The maximum atomic E-state index is 13.1. The van der Waals surface area contributed by atoms with Crippen molar-refractivity contribution in [3.63, 3.8) is 0 Å². The first-order valence-electron chi connectivity index (χ1n) is 10.0. The second-order valence-corrected chi connectivity index (χ2v) is 7.72. The van der Waals surface area contributed by atoms with E-state index in [1.165, 1.54) is 13.2 Å². The number of methoxy groups -OCH3 is 1. The van der Waals surface area contributed by atoms with Crippen molar-refractivity contribution in [2.24, 2.45) is 0 Å². The maximum absolute atomic E-state index is 13.1. The van der Waals surface area contributed by atoms with Crippen molar-refractivity contribution in [1.29, 1.82) is 0 Å². The molecule has 0 fully saturated rings. The van der Waals surface area contributed by atoms with E-state index in [2.05, 4.69) is 15.3 Å². The third-order valence-electron chi connectivity index (χ3n) is 5.24. The van der Waals surface area contributed by atoms with Gasteiger partial charge in [-0.05, 0) is 49.1 Å². The summed E-state index contributed by atoms with van der Waals surface area (Å²) >= 11 is 0. The smallest absolute Gasteiger partial charge is 0.416 e. The molecule has 1 unspecified atom stereocenters. The largest absolute Gasteiger partial charge is 0.496 e. The van der Waals surface area contributed by atoms with Gasteiger partial charge in [0.2, 0.25) is 0 Å². The number of anilines is 1. The van der Waals surface area contributed by atoms with E-state index in [1.54, 1.807) is 39.0 Å². The number of carbonyl (C=O) groups is 1. The molecule has 1 aromatic heterocycles. The Kier molecular flexibility index (Phi) is 6.57. The van der Waals surface area contributed by atoms with Gasteiger partial charge in [-0.1, -0.05) is 19.1 Å². The minimum Gasteiger partial charge on any atom is -0.496 e. The lowest BCUT2D eigenvalue weighted by molar-refractivity contribution is -0.138. The fraction of sp³-hybridized carbons (Fsp3) is 0.348. The highest BCUT2D eigenvalue weighted by atomic mass is 19.4. The van der Waals surface area contributed by atoms with Crippen LogP contribution in [0.5, 0.6) is 5.75 Å². The van der Waals surface area contributed by atoms with Gasteiger partial charge in [-0.15, -0.1) is 0 Å². The normalized spacial score (nSPS) is 13.6. The molecule has 3 rings (SSSR count). The van der Waals surface area contributed by atoms with Gasteiger partial charge in [-0.25, -0.2) is 9.97 Å². The number of carboxylic acid groups (broad SMARTS) is 1. The lowest BCUT2D eigenvalue weighted by atomic mass is 9.95. The van der Waals surface area contributed by atoms with Crippen LogP contribution in [0.15, 0.2) is 36.4 Å². The van der Waals surface area contributed by atoms with Crippen molar-refractivity contribution in [1.82, 2.24) is 9.97 Å². The fourth-order valence-electron chi connectivity index (χ4n) is 3.61. The third kappa shape index (κ3) is 5.09. The standard InChI is InChI=1S/C23H24F3N3O3/c1-12(8-21(30)31)17-10-18-19(11-20(17)32-4)28-14(3)29-22(18)27-13(2)15-6-5-7-16(9-15)23(24,25)26/h5-7,9-13H,8H2,1-4H3,(H,30,31)(H,27,28,29)/t12?,13-/m1/s1. The molecule has 0 aliphatic carbocycles. The number of rotatable bonds is 7. The van der Waals surface area contributed by atoms with E-state index in [0.717, 1.165) is 12.1 Å². The number of carboxylic acids is 1. The molecule has 0 amide bonds. The molecule has 0 radical (unpaired) electrons. The highest BCUT2D eigenvalue weighted by Gasteiger charge is 2.30. The molecular formula is C23H24F3N3O3. The average Bonchev–Trinajstić information content (AvgIpc) is 2.71. The van der Waals surface area contributed by atoms with E-state index in [4.69, 9.17) is 4.74 Å². The topological polar surface area (TPSA) is 84.3 Å². The molecule has 0 spiro atoms. The summed E-state index contributed by atoms with van der Waals surface area (Å²) in [6.45, 7) is 5.24. The van der Waals surface area contributed by atoms with Gasteiger partial charge in [-0.3, -0.25) is 4.79 Å². The molecule has 0 bridgehead atoms. The van der Waals surface area contributed by atoms with E-state index >= 15 is 0 Å². The van der Waals surface area contributed by atoms with E-state index in [9.17, 15) is 23.1 Å². The van der Waals surface area contributed by atoms with E-state index in [0.29, 0.717) is 39.4 Å². The Balaban J connectivity index is 2.05. The summed E-state index contributed by atoms with van der Waals surface area (Å²) in [4.78, 5) is 20.1. The van der Waals surface area contributed by atoms with Crippen LogP contribution in [-0.2, 0) is 11.0 Å². The molecular weight excluding hydrogens is 423 g/mol. The zero-order valence-corrected chi connectivity index (χ0v) is 18.1. The Morgan fingerprint density at radius 1 is 1.19 bits per heavy atom. The Bertz CT molecular complexity index is 1150. The minimum atomic E-state index is -4.43.